The molecule has 0 spiro atoms. The van der Waals surface area contributed by atoms with Gasteiger partial charge in [0.1, 0.15) is 11.9 Å². The Morgan fingerprint density at radius 2 is 2.00 bits per heavy atom. The van der Waals surface area contributed by atoms with Gasteiger partial charge in [0.2, 0.25) is 0 Å². The number of hydrogen-bond donors (Lipinski definition) is 1. The quantitative estimate of drug-likeness (QED) is 0.883. The van der Waals surface area contributed by atoms with Gasteiger partial charge in [0.25, 0.3) is 0 Å². The van der Waals surface area contributed by atoms with E-state index in [1.54, 1.807) is 0 Å². The predicted octanol–water partition coefficient (Wildman–Crippen LogP) is 3.46. The Labute approximate surface area is 111 Å². The molecule has 2 unspecified atom stereocenters. The topological polar surface area (TPSA) is 21.3 Å². The van der Waals surface area contributed by atoms with Crippen LogP contribution in [0.15, 0.2) is 18.2 Å². The van der Waals surface area contributed by atoms with Gasteiger partial charge < -0.3 is 10.1 Å². The van der Waals surface area contributed by atoms with Gasteiger partial charge in [-0.05, 0) is 56.3 Å². The van der Waals surface area contributed by atoms with E-state index in [4.69, 9.17) is 4.74 Å². The number of hydrogen-bond acceptors (Lipinski definition) is 2. The lowest BCUT2D eigenvalue weighted by Crippen LogP contribution is -2.44. The maximum absolute atomic E-state index is 6.26. The molecule has 0 radical (unpaired) electrons. The molecule has 1 aromatic rings. The molecule has 2 nitrogen and oxygen atoms in total. The van der Waals surface area contributed by atoms with E-state index in [9.17, 15) is 0 Å². The SMILES string of the molecule is CNC1C(Oc2cc(C)ccc2C)CCC1(C)C. The van der Waals surface area contributed by atoms with Crippen molar-refractivity contribution in [1.29, 1.82) is 0 Å². The molecular weight excluding hydrogens is 222 g/mol. The first-order valence-electron chi connectivity index (χ1n) is 6.85. The molecule has 1 aromatic carbocycles. The van der Waals surface area contributed by atoms with Crippen LogP contribution in [0, 0.1) is 19.3 Å². The highest BCUT2D eigenvalue weighted by molar-refractivity contribution is 5.36. The van der Waals surface area contributed by atoms with Crippen LogP contribution in [-0.4, -0.2) is 19.2 Å². The van der Waals surface area contributed by atoms with Crippen LogP contribution in [0.1, 0.15) is 37.8 Å². The largest absolute Gasteiger partial charge is 0.489 e. The average Bonchev–Trinajstić information content (AvgIpc) is 2.58. The van der Waals surface area contributed by atoms with Gasteiger partial charge in [-0.3, -0.25) is 0 Å². The molecule has 0 bridgehead atoms. The van der Waals surface area contributed by atoms with Crippen molar-refractivity contribution in [2.75, 3.05) is 7.05 Å². The van der Waals surface area contributed by atoms with Crippen LogP contribution >= 0.6 is 0 Å². The van der Waals surface area contributed by atoms with Crippen molar-refractivity contribution in [3.8, 4) is 5.75 Å². The van der Waals surface area contributed by atoms with Crippen LogP contribution in [0.4, 0.5) is 0 Å². The Balaban J connectivity index is 2.17. The Kier molecular flexibility index (Phi) is 3.67. The number of benzene rings is 1. The van der Waals surface area contributed by atoms with E-state index in [1.165, 1.54) is 17.5 Å². The molecule has 0 aliphatic heterocycles. The van der Waals surface area contributed by atoms with Crippen molar-refractivity contribution in [3.63, 3.8) is 0 Å². The van der Waals surface area contributed by atoms with Crippen molar-refractivity contribution in [1.82, 2.24) is 5.32 Å². The zero-order chi connectivity index (χ0) is 13.3. The van der Waals surface area contributed by atoms with Crippen LogP contribution in [0.3, 0.4) is 0 Å². The monoisotopic (exact) mass is 247 g/mol. The molecule has 1 saturated carbocycles. The van der Waals surface area contributed by atoms with E-state index in [1.807, 2.05) is 7.05 Å². The summed E-state index contributed by atoms with van der Waals surface area (Å²) in [6.07, 6.45) is 2.63. The van der Waals surface area contributed by atoms with Gasteiger partial charge in [0.15, 0.2) is 0 Å². The van der Waals surface area contributed by atoms with Crippen LogP contribution in [-0.2, 0) is 0 Å². The van der Waals surface area contributed by atoms with Crippen molar-refractivity contribution in [2.24, 2.45) is 5.41 Å². The molecule has 18 heavy (non-hydrogen) atoms. The average molecular weight is 247 g/mol. The highest BCUT2D eigenvalue weighted by atomic mass is 16.5. The third-order valence-electron chi connectivity index (χ3n) is 4.22. The molecule has 2 atom stereocenters. The van der Waals surface area contributed by atoms with Crippen LogP contribution < -0.4 is 10.1 Å². The molecule has 1 N–H and O–H groups in total. The Morgan fingerprint density at radius 1 is 1.28 bits per heavy atom. The van der Waals surface area contributed by atoms with Crippen LogP contribution in [0.2, 0.25) is 0 Å². The minimum Gasteiger partial charge on any atom is -0.489 e. The predicted molar refractivity (Wildman–Crippen MR) is 76.2 cm³/mol. The van der Waals surface area contributed by atoms with E-state index in [2.05, 4.69) is 51.2 Å². The zero-order valence-corrected chi connectivity index (χ0v) is 12.2. The second-order valence-corrected chi connectivity index (χ2v) is 6.22. The summed E-state index contributed by atoms with van der Waals surface area (Å²) in [7, 11) is 2.04. The first-order chi connectivity index (χ1) is 8.44. The first kappa shape index (κ1) is 13.4. The standard InChI is InChI=1S/C16H25NO/c1-11-6-7-12(2)14(10-11)18-13-8-9-16(3,4)15(13)17-5/h6-7,10,13,15,17H,8-9H2,1-5H3. The van der Waals surface area contributed by atoms with Crippen molar-refractivity contribution in [3.05, 3.63) is 29.3 Å². The molecule has 0 heterocycles. The number of aryl methyl sites for hydroxylation is 2. The molecule has 1 fully saturated rings. The number of ether oxygens (including phenoxy) is 1. The molecule has 0 aromatic heterocycles. The summed E-state index contributed by atoms with van der Waals surface area (Å²) in [5, 5.41) is 3.43. The summed E-state index contributed by atoms with van der Waals surface area (Å²) >= 11 is 0. The third kappa shape index (κ3) is 2.54. The zero-order valence-electron chi connectivity index (χ0n) is 12.2. The Hall–Kier alpha value is -1.02. The maximum atomic E-state index is 6.26. The van der Waals surface area contributed by atoms with Gasteiger partial charge >= 0.3 is 0 Å². The van der Waals surface area contributed by atoms with Gasteiger partial charge in [-0.15, -0.1) is 0 Å². The smallest absolute Gasteiger partial charge is 0.122 e. The van der Waals surface area contributed by atoms with Gasteiger partial charge in [0.05, 0.1) is 0 Å². The van der Waals surface area contributed by atoms with Gasteiger partial charge in [0, 0.05) is 6.04 Å². The van der Waals surface area contributed by atoms with E-state index >= 15 is 0 Å². The van der Waals surface area contributed by atoms with Crippen molar-refractivity contribution < 1.29 is 4.74 Å². The van der Waals surface area contributed by atoms with E-state index in [0.29, 0.717) is 11.5 Å². The number of rotatable bonds is 3. The minimum atomic E-state index is 0.283. The fourth-order valence-corrected chi connectivity index (χ4v) is 3.04. The second kappa shape index (κ2) is 4.93. The van der Waals surface area contributed by atoms with Gasteiger partial charge in [-0.1, -0.05) is 26.0 Å². The second-order valence-electron chi connectivity index (χ2n) is 6.22. The number of likely N-dealkylation sites (N-methyl/N-ethyl adjacent to an activating group) is 1. The molecular formula is C16H25NO. The molecule has 0 saturated heterocycles. The summed E-state index contributed by atoms with van der Waals surface area (Å²) < 4.78 is 6.26. The fourth-order valence-electron chi connectivity index (χ4n) is 3.04. The first-order valence-corrected chi connectivity index (χ1v) is 6.85. The molecule has 0 amide bonds. The summed E-state index contributed by atoms with van der Waals surface area (Å²) in [4.78, 5) is 0. The molecule has 2 rings (SSSR count). The normalized spacial score (nSPS) is 26.3. The highest BCUT2D eigenvalue weighted by Crippen LogP contribution is 2.39. The maximum Gasteiger partial charge on any atom is 0.122 e. The van der Waals surface area contributed by atoms with Gasteiger partial charge in [-0.2, -0.15) is 0 Å². The minimum absolute atomic E-state index is 0.283. The third-order valence-corrected chi connectivity index (χ3v) is 4.22. The summed E-state index contributed by atoms with van der Waals surface area (Å²) in [5.74, 6) is 1.04. The molecule has 2 heteroatoms. The Bertz CT molecular complexity index is 425. The fraction of sp³-hybridized carbons (Fsp3) is 0.625. The summed E-state index contributed by atoms with van der Waals surface area (Å²) in [6.45, 7) is 8.87. The molecule has 100 valence electrons. The summed E-state index contributed by atoms with van der Waals surface area (Å²) in [5.41, 5.74) is 2.80. The lowest BCUT2D eigenvalue weighted by molar-refractivity contribution is 0.145. The van der Waals surface area contributed by atoms with Crippen LogP contribution in [0.25, 0.3) is 0 Å². The van der Waals surface area contributed by atoms with E-state index in [-0.39, 0.29) is 6.10 Å². The lowest BCUT2D eigenvalue weighted by atomic mass is 9.87. The van der Waals surface area contributed by atoms with E-state index < -0.39 is 0 Å². The Morgan fingerprint density at radius 3 is 2.67 bits per heavy atom. The van der Waals surface area contributed by atoms with E-state index in [0.717, 1.165) is 12.2 Å². The van der Waals surface area contributed by atoms with Crippen LogP contribution in [0.5, 0.6) is 5.75 Å². The lowest BCUT2D eigenvalue weighted by Gasteiger charge is -2.30. The highest BCUT2D eigenvalue weighted by Gasteiger charge is 2.42. The summed E-state index contributed by atoms with van der Waals surface area (Å²) in [6, 6.07) is 6.85. The van der Waals surface area contributed by atoms with Gasteiger partial charge in [-0.25, -0.2) is 0 Å². The molecule has 1 aliphatic carbocycles. The van der Waals surface area contributed by atoms with Crippen molar-refractivity contribution in [2.45, 2.75) is 52.7 Å². The van der Waals surface area contributed by atoms with Crippen molar-refractivity contribution >= 4 is 0 Å². The number of nitrogens with one attached hydrogen (secondary N) is 1. The molecule has 1 aliphatic rings.